The molecule has 1 fully saturated rings. The molecule has 0 aromatic carbocycles. The van der Waals surface area contributed by atoms with Crippen LogP contribution in [0, 0.1) is 11.3 Å². The first-order chi connectivity index (χ1) is 9.02. The van der Waals surface area contributed by atoms with Gasteiger partial charge in [0.05, 0.1) is 12.3 Å². The van der Waals surface area contributed by atoms with Gasteiger partial charge in [-0.15, -0.1) is 0 Å². The van der Waals surface area contributed by atoms with Gasteiger partial charge in [0.2, 0.25) is 0 Å². The maximum Gasteiger partial charge on any atom is 0.0896 e. The summed E-state index contributed by atoms with van der Waals surface area (Å²) in [6.45, 7) is 9.83. The number of aryl methyl sites for hydroxylation is 1. The fourth-order valence-corrected chi connectivity index (χ4v) is 2.52. The molecule has 2 rings (SSSR count). The van der Waals surface area contributed by atoms with E-state index in [1.807, 2.05) is 17.9 Å². The Morgan fingerprint density at radius 1 is 1.53 bits per heavy atom. The topological polar surface area (TPSA) is 39.1 Å². The Hall–Kier alpha value is -0.870. The van der Waals surface area contributed by atoms with Crippen molar-refractivity contribution in [2.24, 2.45) is 18.4 Å². The molecule has 1 aliphatic rings. The molecule has 0 saturated carbocycles. The van der Waals surface area contributed by atoms with Crippen molar-refractivity contribution >= 4 is 0 Å². The Kier molecular flexibility index (Phi) is 4.63. The molecule has 2 atom stereocenters. The van der Waals surface area contributed by atoms with Crippen molar-refractivity contribution < 1.29 is 4.74 Å². The van der Waals surface area contributed by atoms with Crippen molar-refractivity contribution in [3.63, 3.8) is 0 Å². The third kappa shape index (κ3) is 3.80. The first-order valence-electron chi connectivity index (χ1n) is 7.33. The number of ether oxygens (including phenoxy) is 1. The van der Waals surface area contributed by atoms with Gasteiger partial charge in [-0.3, -0.25) is 4.68 Å². The summed E-state index contributed by atoms with van der Waals surface area (Å²) in [7, 11) is 1.95. The highest BCUT2D eigenvalue weighted by molar-refractivity contribution is 5.11. The molecule has 108 valence electrons. The van der Waals surface area contributed by atoms with Gasteiger partial charge in [-0.25, -0.2) is 0 Å². The molecule has 4 nitrogen and oxygen atoms in total. The SMILES string of the molecule is CCC(C)(C)CNC[C@H]1CCO[C@H]1c1cnn(C)c1. The predicted molar refractivity (Wildman–Crippen MR) is 76.9 cm³/mol. The molecule has 19 heavy (non-hydrogen) atoms. The van der Waals surface area contributed by atoms with Gasteiger partial charge in [-0.1, -0.05) is 20.8 Å². The van der Waals surface area contributed by atoms with Crippen LogP contribution >= 0.6 is 0 Å². The molecule has 0 radical (unpaired) electrons. The highest BCUT2D eigenvalue weighted by Gasteiger charge is 2.30. The number of rotatable bonds is 6. The number of hydrogen-bond acceptors (Lipinski definition) is 3. The lowest BCUT2D eigenvalue weighted by Gasteiger charge is -2.25. The fraction of sp³-hybridized carbons (Fsp3) is 0.800. The van der Waals surface area contributed by atoms with E-state index in [4.69, 9.17) is 4.74 Å². The van der Waals surface area contributed by atoms with Gasteiger partial charge in [0.25, 0.3) is 0 Å². The Morgan fingerprint density at radius 2 is 2.32 bits per heavy atom. The van der Waals surface area contributed by atoms with Crippen molar-refractivity contribution in [1.29, 1.82) is 0 Å². The summed E-state index contributed by atoms with van der Waals surface area (Å²) in [6, 6.07) is 0. The average Bonchev–Trinajstić information content (AvgIpc) is 2.97. The zero-order valence-corrected chi connectivity index (χ0v) is 12.6. The summed E-state index contributed by atoms with van der Waals surface area (Å²) in [5, 5.41) is 7.86. The van der Waals surface area contributed by atoms with E-state index in [1.54, 1.807) is 0 Å². The fourth-order valence-electron chi connectivity index (χ4n) is 2.52. The number of hydrogen-bond donors (Lipinski definition) is 1. The van der Waals surface area contributed by atoms with E-state index in [0.29, 0.717) is 11.3 Å². The van der Waals surface area contributed by atoms with Crippen LogP contribution in [-0.2, 0) is 11.8 Å². The van der Waals surface area contributed by atoms with Crippen LogP contribution < -0.4 is 5.32 Å². The van der Waals surface area contributed by atoms with Crippen LogP contribution in [0.3, 0.4) is 0 Å². The van der Waals surface area contributed by atoms with Crippen molar-refractivity contribution in [2.45, 2.75) is 39.7 Å². The molecule has 1 saturated heterocycles. The summed E-state index contributed by atoms with van der Waals surface area (Å²) in [6.07, 6.45) is 6.55. The van der Waals surface area contributed by atoms with E-state index in [9.17, 15) is 0 Å². The summed E-state index contributed by atoms with van der Waals surface area (Å²) in [5.41, 5.74) is 1.59. The van der Waals surface area contributed by atoms with Crippen molar-refractivity contribution in [3.8, 4) is 0 Å². The Balaban J connectivity index is 1.86. The van der Waals surface area contributed by atoms with Gasteiger partial charge < -0.3 is 10.1 Å². The second-order valence-corrected chi connectivity index (χ2v) is 6.44. The summed E-state index contributed by atoms with van der Waals surface area (Å²) < 4.78 is 7.73. The average molecular weight is 265 g/mol. The molecular weight excluding hydrogens is 238 g/mol. The normalized spacial score (nSPS) is 24.0. The smallest absolute Gasteiger partial charge is 0.0896 e. The van der Waals surface area contributed by atoms with E-state index in [1.165, 1.54) is 12.0 Å². The number of nitrogens with zero attached hydrogens (tertiary/aromatic N) is 2. The monoisotopic (exact) mass is 265 g/mol. The minimum absolute atomic E-state index is 0.214. The first-order valence-corrected chi connectivity index (χ1v) is 7.33. The lowest BCUT2D eigenvalue weighted by Crippen LogP contribution is -2.33. The van der Waals surface area contributed by atoms with Gasteiger partial charge in [-0.05, 0) is 18.3 Å². The van der Waals surface area contributed by atoms with Gasteiger partial charge in [0.15, 0.2) is 0 Å². The minimum atomic E-state index is 0.214. The molecule has 0 unspecified atom stereocenters. The highest BCUT2D eigenvalue weighted by Crippen LogP contribution is 2.33. The summed E-state index contributed by atoms with van der Waals surface area (Å²) in [5.74, 6) is 0.567. The molecule has 0 bridgehead atoms. The Morgan fingerprint density at radius 3 is 2.95 bits per heavy atom. The second kappa shape index (κ2) is 6.06. The van der Waals surface area contributed by atoms with Crippen LogP contribution in [0.25, 0.3) is 0 Å². The van der Waals surface area contributed by atoms with Gasteiger partial charge in [0.1, 0.15) is 0 Å². The molecule has 1 aromatic heterocycles. The van der Waals surface area contributed by atoms with Crippen LogP contribution in [0.5, 0.6) is 0 Å². The van der Waals surface area contributed by atoms with Crippen LogP contribution in [0.1, 0.15) is 45.3 Å². The third-order valence-corrected chi connectivity index (χ3v) is 4.23. The van der Waals surface area contributed by atoms with E-state index in [-0.39, 0.29) is 6.10 Å². The van der Waals surface area contributed by atoms with Crippen LogP contribution in [0.2, 0.25) is 0 Å². The Labute approximate surface area is 116 Å². The molecule has 2 heterocycles. The van der Waals surface area contributed by atoms with Crippen molar-refractivity contribution in [3.05, 3.63) is 18.0 Å². The van der Waals surface area contributed by atoms with Crippen LogP contribution in [-0.4, -0.2) is 29.5 Å². The van der Waals surface area contributed by atoms with Crippen LogP contribution in [0.15, 0.2) is 12.4 Å². The quantitative estimate of drug-likeness (QED) is 0.859. The van der Waals surface area contributed by atoms with Crippen molar-refractivity contribution in [2.75, 3.05) is 19.7 Å². The lowest BCUT2D eigenvalue weighted by atomic mass is 9.90. The minimum Gasteiger partial charge on any atom is -0.373 e. The molecule has 1 N–H and O–H groups in total. The molecule has 1 aromatic rings. The maximum atomic E-state index is 5.88. The lowest BCUT2D eigenvalue weighted by molar-refractivity contribution is 0.0897. The standard InChI is InChI=1S/C15H27N3O/c1-5-15(2,3)11-16-8-12-6-7-19-14(12)13-9-17-18(4)10-13/h9-10,12,14,16H,5-8,11H2,1-4H3/t12-,14-/m1/s1. The third-order valence-electron chi connectivity index (χ3n) is 4.23. The number of aromatic nitrogens is 2. The van der Waals surface area contributed by atoms with Gasteiger partial charge >= 0.3 is 0 Å². The molecule has 0 spiro atoms. The molecular formula is C15H27N3O. The van der Waals surface area contributed by atoms with Crippen LogP contribution in [0.4, 0.5) is 0 Å². The van der Waals surface area contributed by atoms with E-state index < -0.39 is 0 Å². The Bertz CT molecular complexity index is 400. The second-order valence-electron chi connectivity index (χ2n) is 6.44. The summed E-state index contributed by atoms with van der Waals surface area (Å²) in [4.78, 5) is 0. The molecule has 1 aliphatic heterocycles. The van der Waals surface area contributed by atoms with Gasteiger partial charge in [0, 0.05) is 44.4 Å². The highest BCUT2D eigenvalue weighted by atomic mass is 16.5. The summed E-state index contributed by atoms with van der Waals surface area (Å²) >= 11 is 0. The zero-order valence-electron chi connectivity index (χ0n) is 12.6. The molecule has 4 heteroatoms. The number of nitrogens with one attached hydrogen (secondary N) is 1. The van der Waals surface area contributed by atoms with E-state index >= 15 is 0 Å². The maximum absolute atomic E-state index is 5.88. The van der Waals surface area contributed by atoms with Crippen molar-refractivity contribution in [1.82, 2.24) is 15.1 Å². The van der Waals surface area contributed by atoms with E-state index in [2.05, 4.69) is 37.4 Å². The van der Waals surface area contributed by atoms with E-state index in [0.717, 1.165) is 26.1 Å². The molecule has 0 aliphatic carbocycles. The van der Waals surface area contributed by atoms with Gasteiger partial charge in [-0.2, -0.15) is 5.10 Å². The molecule has 0 amide bonds. The predicted octanol–water partition coefficient (Wildman–Crippen LogP) is 2.52. The largest absolute Gasteiger partial charge is 0.373 e. The zero-order chi connectivity index (χ0) is 13.9. The first kappa shape index (κ1) is 14.5.